The first-order valence-electron chi connectivity index (χ1n) is 10.6. The third-order valence-electron chi connectivity index (χ3n) is 5.40. The topological polar surface area (TPSA) is 133 Å². The number of ether oxygens (including phenoxy) is 1. The van der Waals surface area contributed by atoms with E-state index in [1.165, 1.54) is 19.3 Å². The van der Waals surface area contributed by atoms with E-state index in [0.717, 1.165) is 6.07 Å². The van der Waals surface area contributed by atoms with Gasteiger partial charge in [0.05, 0.1) is 36.0 Å². The average Bonchev–Trinajstić information content (AvgIpc) is 3.25. The van der Waals surface area contributed by atoms with Crippen molar-refractivity contribution < 1.29 is 33.0 Å². The molecule has 5 N–H and O–H groups in total. The predicted molar refractivity (Wildman–Crippen MR) is 121 cm³/mol. The number of H-pyrrole nitrogens is 1. The van der Waals surface area contributed by atoms with Gasteiger partial charge in [-0.15, -0.1) is 0 Å². The second kappa shape index (κ2) is 10.6. The Hall–Kier alpha value is -3.57. The lowest BCUT2D eigenvalue weighted by atomic mass is 10.0. The van der Waals surface area contributed by atoms with E-state index in [1.807, 2.05) is 0 Å². The van der Waals surface area contributed by atoms with E-state index in [4.69, 9.17) is 4.74 Å². The van der Waals surface area contributed by atoms with Crippen molar-refractivity contribution in [3.63, 3.8) is 0 Å². The summed E-state index contributed by atoms with van der Waals surface area (Å²) in [5, 5.41) is 17.7. The maximum Gasteiger partial charge on any atom is 0.256 e. The fraction of sp³-hybridized carbons (Fsp3) is 0.348. The lowest BCUT2D eigenvalue weighted by Crippen LogP contribution is -2.37. The van der Waals surface area contributed by atoms with E-state index in [0.29, 0.717) is 30.1 Å². The molecule has 1 atom stereocenters. The summed E-state index contributed by atoms with van der Waals surface area (Å²) in [6.07, 6.45) is 0.0784. The van der Waals surface area contributed by atoms with Gasteiger partial charge in [0, 0.05) is 37.2 Å². The summed E-state index contributed by atoms with van der Waals surface area (Å²) in [7, 11) is 1.50. The molecule has 0 spiro atoms. The fourth-order valence-electron chi connectivity index (χ4n) is 3.71. The molecule has 9 nitrogen and oxygen atoms in total. The van der Waals surface area contributed by atoms with Gasteiger partial charge in [0.2, 0.25) is 5.91 Å². The Morgan fingerprint density at radius 2 is 1.97 bits per heavy atom. The first kappa shape index (κ1) is 25.1. The van der Waals surface area contributed by atoms with Gasteiger partial charge in [0.25, 0.3) is 11.8 Å². The quantitative estimate of drug-likeness (QED) is 0.277. The Bertz CT molecular complexity index is 1160. The molecule has 0 radical (unpaired) electrons. The normalized spacial score (nSPS) is 14.6. The minimum Gasteiger partial charge on any atom is -0.391 e. The maximum absolute atomic E-state index is 14.4. The molecule has 1 unspecified atom stereocenters. The fourth-order valence-corrected chi connectivity index (χ4v) is 3.71. The van der Waals surface area contributed by atoms with Crippen molar-refractivity contribution in [3.05, 3.63) is 51.8 Å². The Balaban J connectivity index is 1.73. The van der Waals surface area contributed by atoms with Crippen LogP contribution in [0, 0.1) is 25.5 Å². The van der Waals surface area contributed by atoms with E-state index >= 15 is 0 Å². The number of carbonyl (C=O) groups is 3. The van der Waals surface area contributed by atoms with Crippen LogP contribution in [0.3, 0.4) is 0 Å². The number of aromatic amines is 1. The molecule has 1 aromatic carbocycles. The standard InChI is InChI=1S/C23H26F2N4O5/c1-11-17(9-14-20-16(29-22(14)32)5-4-15(24)21(20)25)28-12(2)19(11)23(33)27-10-13(30)8-18(31)26-6-7-34-3/h4-5,9,13,28,30H,6-8,10H2,1-3H3,(H,26,31)(H,27,33)(H,29,32)/b14-9-. The maximum atomic E-state index is 14.4. The molecule has 34 heavy (non-hydrogen) atoms. The predicted octanol–water partition coefficient (Wildman–Crippen LogP) is 1.65. The molecule has 2 aromatic rings. The van der Waals surface area contributed by atoms with Gasteiger partial charge in [0.1, 0.15) is 0 Å². The van der Waals surface area contributed by atoms with E-state index in [-0.39, 0.29) is 41.3 Å². The van der Waals surface area contributed by atoms with Crippen molar-refractivity contribution in [1.29, 1.82) is 0 Å². The van der Waals surface area contributed by atoms with Crippen molar-refractivity contribution in [3.8, 4) is 0 Å². The monoisotopic (exact) mass is 476 g/mol. The average molecular weight is 476 g/mol. The van der Waals surface area contributed by atoms with Gasteiger partial charge >= 0.3 is 0 Å². The van der Waals surface area contributed by atoms with E-state index in [2.05, 4.69) is 20.9 Å². The van der Waals surface area contributed by atoms with Gasteiger partial charge < -0.3 is 30.8 Å². The third-order valence-corrected chi connectivity index (χ3v) is 5.40. The zero-order valence-electron chi connectivity index (χ0n) is 19.0. The molecule has 2 heterocycles. The van der Waals surface area contributed by atoms with E-state index in [1.54, 1.807) is 13.8 Å². The largest absolute Gasteiger partial charge is 0.391 e. The summed E-state index contributed by atoms with van der Waals surface area (Å²) >= 11 is 0. The van der Waals surface area contributed by atoms with Gasteiger partial charge in [-0.3, -0.25) is 14.4 Å². The minimum absolute atomic E-state index is 0.0711. The number of benzene rings is 1. The van der Waals surface area contributed by atoms with Crippen LogP contribution in [0.25, 0.3) is 11.6 Å². The zero-order chi connectivity index (χ0) is 25.0. The summed E-state index contributed by atoms with van der Waals surface area (Å²) in [4.78, 5) is 39.8. The van der Waals surface area contributed by atoms with Gasteiger partial charge in [0.15, 0.2) is 11.6 Å². The number of aryl methyl sites for hydroxylation is 1. The first-order valence-corrected chi connectivity index (χ1v) is 10.6. The van der Waals surface area contributed by atoms with Gasteiger partial charge in [-0.1, -0.05) is 0 Å². The second-order valence-corrected chi connectivity index (χ2v) is 7.87. The highest BCUT2D eigenvalue weighted by Crippen LogP contribution is 2.36. The van der Waals surface area contributed by atoms with Crippen LogP contribution in [-0.4, -0.2) is 60.7 Å². The number of anilines is 1. The van der Waals surface area contributed by atoms with Gasteiger partial charge in [-0.05, 0) is 37.6 Å². The Morgan fingerprint density at radius 1 is 1.24 bits per heavy atom. The lowest BCUT2D eigenvalue weighted by Gasteiger charge is -2.12. The van der Waals surface area contributed by atoms with Crippen LogP contribution < -0.4 is 16.0 Å². The number of aromatic nitrogens is 1. The highest BCUT2D eigenvalue weighted by molar-refractivity contribution is 6.35. The molecule has 0 saturated heterocycles. The van der Waals surface area contributed by atoms with E-state index in [9.17, 15) is 28.3 Å². The number of hydrogen-bond donors (Lipinski definition) is 5. The molecule has 182 valence electrons. The van der Waals surface area contributed by atoms with Crippen LogP contribution in [0.1, 0.15) is 39.3 Å². The van der Waals surface area contributed by atoms with Crippen molar-refractivity contribution >= 4 is 35.1 Å². The highest BCUT2D eigenvalue weighted by atomic mass is 19.2. The minimum atomic E-state index is -1.14. The van der Waals surface area contributed by atoms with Crippen LogP contribution >= 0.6 is 0 Å². The van der Waals surface area contributed by atoms with Gasteiger partial charge in [-0.2, -0.15) is 0 Å². The number of hydrogen-bond acceptors (Lipinski definition) is 5. The van der Waals surface area contributed by atoms with Crippen LogP contribution in [-0.2, 0) is 14.3 Å². The summed E-state index contributed by atoms with van der Waals surface area (Å²) in [6, 6.07) is 2.21. The molecule has 0 aliphatic carbocycles. The van der Waals surface area contributed by atoms with E-state index < -0.39 is 29.6 Å². The Kier molecular flexibility index (Phi) is 7.79. The van der Waals surface area contributed by atoms with Crippen LogP contribution in [0.5, 0.6) is 0 Å². The zero-order valence-corrected chi connectivity index (χ0v) is 19.0. The van der Waals surface area contributed by atoms with Gasteiger partial charge in [-0.25, -0.2) is 8.78 Å². The van der Waals surface area contributed by atoms with Crippen LogP contribution in [0.15, 0.2) is 12.1 Å². The van der Waals surface area contributed by atoms with Crippen molar-refractivity contribution in [1.82, 2.24) is 15.6 Å². The molecule has 11 heteroatoms. The molecule has 0 bridgehead atoms. The molecule has 3 amide bonds. The van der Waals surface area contributed by atoms with Crippen LogP contribution in [0.4, 0.5) is 14.5 Å². The number of carbonyl (C=O) groups excluding carboxylic acids is 3. The summed E-state index contributed by atoms with van der Waals surface area (Å²) in [5.74, 6) is -3.68. The Morgan fingerprint density at radius 3 is 2.68 bits per heavy atom. The number of rotatable bonds is 9. The summed E-state index contributed by atoms with van der Waals surface area (Å²) in [6.45, 7) is 3.79. The molecule has 1 aromatic heterocycles. The Labute approximate surface area is 194 Å². The summed E-state index contributed by atoms with van der Waals surface area (Å²) in [5.41, 5.74) is 1.53. The third kappa shape index (κ3) is 5.32. The summed E-state index contributed by atoms with van der Waals surface area (Å²) < 4.78 is 32.9. The number of fused-ring (bicyclic) bond motifs is 1. The molecule has 1 aliphatic rings. The number of halogens is 2. The highest BCUT2D eigenvalue weighted by Gasteiger charge is 2.30. The molecular weight excluding hydrogens is 450 g/mol. The number of nitrogens with one attached hydrogen (secondary N) is 4. The SMILES string of the molecule is COCCNC(=O)CC(O)CNC(=O)c1c(C)[nH]c(/C=C2\C(=O)Nc3ccc(F)c(F)c32)c1C. The molecule has 3 rings (SSSR count). The van der Waals surface area contributed by atoms with Crippen molar-refractivity contribution in [2.45, 2.75) is 26.4 Å². The second-order valence-electron chi connectivity index (χ2n) is 7.87. The molecular formula is C23H26F2N4O5. The molecule has 0 saturated carbocycles. The first-order chi connectivity index (χ1) is 16.1. The van der Waals surface area contributed by atoms with Crippen molar-refractivity contribution in [2.24, 2.45) is 0 Å². The van der Waals surface area contributed by atoms with Crippen LogP contribution in [0.2, 0.25) is 0 Å². The smallest absolute Gasteiger partial charge is 0.256 e. The molecule has 1 aliphatic heterocycles. The lowest BCUT2D eigenvalue weighted by molar-refractivity contribution is -0.123. The number of amides is 3. The number of aliphatic hydroxyl groups is 1. The number of aliphatic hydroxyl groups excluding tert-OH is 1. The number of methoxy groups -OCH3 is 1. The molecule has 0 fully saturated rings. The van der Waals surface area contributed by atoms with Crippen molar-refractivity contribution in [2.75, 3.05) is 32.1 Å².